The maximum absolute atomic E-state index is 11.3. The number of hydrogen-bond acceptors (Lipinski definition) is 3. The van der Waals surface area contributed by atoms with Gasteiger partial charge in [-0.15, -0.1) is 0 Å². The molecule has 1 N–H and O–H groups in total. The normalized spacial score (nSPS) is 11.5. The third kappa shape index (κ3) is 2.44. The third-order valence-electron chi connectivity index (χ3n) is 2.00. The lowest BCUT2D eigenvalue weighted by atomic mass is 10.0. The highest BCUT2D eigenvalue weighted by molar-refractivity contribution is 6.04. The monoisotopic (exact) mass is 201 g/mol. The van der Waals surface area contributed by atoms with Gasteiger partial charge in [0.1, 0.15) is 17.4 Å². The molecule has 0 radical (unpaired) electrons. The molecule has 3 nitrogen and oxygen atoms in total. The highest BCUT2D eigenvalue weighted by Gasteiger charge is 2.13. The van der Waals surface area contributed by atoms with E-state index in [2.05, 4.69) is 0 Å². The summed E-state index contributed by atoms with van der Waals surface area (Å²) in [5.74, 6) is -0.594. The van der Waals surface area contributed by atoms with E-state index in [-0.39, 0.29) is 23.5 Å². The van der Waals surface area contributed by atoms with E-state index in [4.69, 9.17) is 5.26 Å². The molecule has 0 saturated carbocycles. The summed E-state index contributed by atoms with van der Waals surface area (Å²) in [6.45, 7) is 1.65. The average Bonchev–Trinajstić information content (AvgIpc) is 2.30. The molecule has 0 atom stereocenters. The van der Waals surface area contributed by atoms with Gasteiger partial charge < -0.3 is 5.11 Å². The zero-order valence-electron chi connectivity index (χ0n) is 8.40. The smallest absolute Gasteiger partial charge is 0.176 e. The van der Waals surface area contributed by atoms with Crippen molar-refractivity contribution in [2.45, 2.75) is 13.3 Å². The van der Waals surface area contributed by atoms with Crippen molar-refractivity contribution >= 4 is 11.5 Å². The minimum atomic E-state index is -0.348. The van der Waals surface area contributed by atoms with Crippen LogP contribution in [-0.2, 0) is 4.79 Å². The Balaban J connectivity index is 3.20. The van der Waals surface area contributed by atoms with Gasteiger partial charge in [-0.1, -0.05) is 37.3 Å². The molecule has 0 aliphatic carbocycles. The van der Waals surface area contributed by atoms with Gasteiger partial charge in [0.15, 0.2) is 5.78 Å². The zero-order valence-corrected chi connectivity index (χ0v) is 8.40. The molecule has 0 bridgehead atoms. The average molecular weight is 201 g/mol. The molecule has 1 rings (SSSR count). The van der Waals surface area contributed by atoms with Gasteiger partial charge in [0.05, 0.1) is 0 Å². The fourth-order valence-electron chi connectivity index (χ4n) is 1.16. The van der Waals surface area contributed by atoms with Gasteiger partial charge in [-0.3, -0.25) is 4.79 Å². The Morgan fingerprint density at radius 2 is 2.00 bits per heavy atom. The molecule has 76 valence electrons. The molecule has 0 aliphatic heterocycles. The molecule has 1 aromatic rings. The number of allylic oxidation sites excluding steroid dienone is 1. The van der Waals surface area contributed by atoms with Crippen LogP contribution in [0.5, 0.6) is 0 Å². The van der Waals surface area contributed by atoms with Crippen LogP contribution in [0.2, 0.25) is 0 Å². The van der Waals surface area contributed by atoms with E-state index >= 15 is 0 Å². The summed E-state index contributed by atoms with van der Waals surface area (Å²) in [4.78, 5) is 11.3. The SMILES string of the molecule is CCC(=O)/C(C#N)=C(\O)c1ccccc1. The lowest BCUT2D eigenvalue weighted by Crippen LogP contribution is -2.02. The number of benzene rings is 1. The van der Waals surface area contributed by atoms with Crippen LogP contribution in [0.1, 0.15) is 18.9 Å². The van der Waals surface area contributed by atoms with Crippen LogP contribution >= 0.6 is 0 Å². The van der Waals surface area contributed by atoms with E-state index in [1.54, 1.807) is 43.3 Å². The fraction of sp³-hybridized carbons (Fsp3) is 0.167. The summed E-state index contributed by atoms with van der Waals surface area (Å²) in [5.41, 5.74) is 0.305. The molecule has 0 saturated heterocycles. The quantitative estimate of drug-likeness (QED) is 0.464. The molecular formula is C12H11NO2. The lowest BCUT2D eigenvalue weighted by Gasteiger charge is -2.02. The van der Waals surface area contributed by atoms with E-state index < -0.39 is 0 Å². The van der Waals surface area contributed by atoms with Crippen molar-refractivity contribution in [2.75, 3.05) is 0 Å². The number of hydrogen-bond donors (Lipinski definition) is 1. The Labute approximate surface area is 88.3 Å². The molecule has 0 aromatic heterocycles. The summed E-state index contributed by atoms with van der Waals surface area (Å²) < 4.78 is 0. The second-order valence-corrected chi connectivity index (χ2v) is 2.98. The Morgan fingerprint density at radius 3 is 2.47 bits per heavy atom. The van der Waals surface area contributed by atoms with Crippen molar-refractivity contribution < 1.29 is 9.90 Å². The first-order valence-corrected chi connectivity index (χ1v) is 4.62. The molecule has 15 heavy (non-hydrogen) atoms. The fourth-order valence-corrected chi connectivity index (χ4v) is 1.16. The van der Waals surface area contributed by atoms with Gasteiger partial charge in [0, 0.05) is 12.0 Å². The van der Waals surface area contributed by atoms with Gasteiger partial charge in [-0.25, -0.2) is 0 Å². The molecular weight excluding hydrogens is 190 g/mol. The van der Waals surface area contributed by atoms with Crippen molar-refractivity contribution in [3.05, 3.63) is 41.5 Å². The predicted molar refractivity (Wildman–Crippen MR) is 56.9 cm³/mol. The van der Waals surface area contributed by atoms with E-state index in [0.717, 1.165) is 0 Å². The maximum Gasteiger partial charge on any atom is 0.176 e. The topological polar surface area (TPSA) is 61.1 Å². The molecule has 1 aromatic carbocycles. The summed E-state index contributed by atoms with van der Waals surface area (Å²) in [7, 11) is 0. The summed E-state index contributed by atoms with van der Waals surface area (Å²) in [6, 6.07) is 10.3. The minimum Gasteiger partial charge on any atom is -0.506 e. The number of aliphatic hydroxyl groups excluding tert-OH is 1. The van der Waals surface area contributed by atoms with Gasteiger partial charge in [-0.05, 0) is 0 Å². The van der Waals surface area contributed by atoms with Crippen LogP contribution < -0.4 is 0 Å². The Kier molecular flexibility index (Phi) is 3.64. The van der Waals surface area contributed by atoms with Crippen LogP contribution in [0, 0.1) is 11.3 Å². The summed E-state index contributed by atoms with van der Waals surface area (Å²) >= 11 is 0. The number of nitriles is 1. The third-order valence-corrected chi connectivity index (χ3v) is 2.00. The second-order valence-electron chi connectivity index (χ2n) is 2.98. The highest BCUT2D eigenvalue weighted by Crippen LogP contribution is 2.16. The summed E-state index contributed by atoms with van der Waals surface area (Å²) in [6.07, 6.45) is 0.208. The standard InChI is InChI=1S/C12H11NO2/c1-2-11(14)10(8-13)12(15)9-6-4-3-5-7-9/h3-7,15H,2H2,1H3/b12-10-. The molecule has 0 aliphatic rings. The van der Waals surface area contributed by atoms with Crippen LogP contribution in [0.25, 0.3) is 5.76 Å². The molecule has 0 unspecified atom stereocenters. The zero-order chi connectivity index (χ0) is 11.3. The number of aliphatic hydroxyl groups is 1. The number of carbonyl (C=O) groups excluding carboxylic acids is 1. The van der Waals surface area contributed by atoms with E-state index in [1.165, 1.54) is 0 Å². The lowest BCUT2D eigenvalue weighted by molar-refractivity contribution is -0.114. The predicted octanol–water partition coefficient (Wildman–Crippen LogP) is 2.46. The Morgan fingerprint density at radius 1 is 1.40 bits per heavy atom. The number of rotatable bonds is 3. The number of nitrogens with zero attached hydrogens (tertiary/aromatic N) is 1. The van der Waals surface area contributed by atoms with Crippen molar-refractivity contribution in [2.24, 2.45) is 0 Å². The summed E-state index contributed by atoms with van der Waals surface area (Å²) in [5, 5.41) is 18.5. The Hall–Kier alpha value is -2.08. The largest absolute Gasteiger partial charge is 0.506 e. The van der Waals surface area contributed by atoms with Gasteiger partial charge >= 0.3 is 0 Å². The molecule has 0 spiro atoms. The number of carbonyl (C=O) groups is 1. The number of ketones is 1. The second kappa shape index (κ2) is 4.97. The van der Waals surface area contributed by atoms with Gasteiger partial charge in [-0.2, -0.15) is 5.26 Å². The van der Waals surface area contributed by atoms with Crippen LogP contribution in [0.3, 0.4) is 0 Å². The van der Waals surface area contributed by atoms with Crippen molar-refractivity contribution in [1.82, 2.24) is 0 Å². The highest BCUT2D eigenvalue weighted by atomic mass is 16.3. The Bertz CT molecular complexity index is 427. The first-order valence-electron chi connectivity index (χ1n) is 4.62. The van der Waals surface area contributed by atoms with Crippen molar-refractivity contribution in [1.29, 1.82) is 5.26 Å². The first kappa shape index (κ1) is 11.0. The molecule has 0 fully saturated rings. The van der Waals surface area contributed by atoms with E-state index in [9.17, 15) is 9.90 Å². The van der Waals surface area contributed by atoms with Crippen LogP contribution in [0.4, 0.5) is 0 Å². The van der Waals surface area contributed by atoms with Crippen molar-refractivity contribution in [3.8, 4) is 6.07 Å². The maximum atomic E-state index is 11.3. The number of Topliss-reactive ketones (excluding diaryl/α,β-unsaturated/α-hetero) is 1. The van der Waals surface area contributed by atoms with E-state index in [0.29, 0.717) is 5.56 Å². The first-order chi connectivity index (χ1) is 7.20. The van der Waals surface area contributed by atoms with E-state index in [1.807, 2.05) is 0 Å². The van der Waals surface area contributed by atoms with Crippen LogP contribution in [0.15, 0.2) is 35.9 Å². The minimum absolute atomic E-state index is 0.177. The van der Waals surface area contributed by atoms with Crippen LogP contribution in [-0.4, -0.2) is 10.9 Å². The van der Waals surface area contributed by atoms with Gasteiger partial charge in [0.25, 0.3) is 0 Å². The molecule has 3 heteroatoms. The van der Waals surface area contributed by atoms with Gasteiger partial charge in [0.2, 0.25) is 0 Å². The van der Waals surface area contributed by atoms with Crippen molar-refractivity contribution in [3.63, 3.8) is 0 Å². The molecule has 0 amide bonds. The molecule has 0 heterocycles.